The minimum Gasteiger partial charge on any atom is -0.297 e. The van der Waals surface area contributed by atoms with E-state index < -0.39 is 5.92 Å². The van der Waals surface area contributed by atoms with Crippen LogP contribution in [0.3, 0.4) is 0 Å². The maximum Gasteiger partial charge on any atom is 0.161 e. The summed E-state index contributed by atoms with van der Waals surface area (Å²) >= 11 is 1.52. The number of ketones is 1. The molecular weight excluding hydrogens is 232 g/mol. The molecule has 0 bridgehead atoms. The molecule has 2 heterocycles. The highest BCUT2D eigenvalue weighted by atomic mass is 32.1. The molecule has 0 aliphatic heterocycles. The zero-order chi connectivity index (χ0) is 12.1. The fourth-order valence-corrected chi connectivity index (χ4v) is 2.25. The summed E-state index contributed by atoms with van der Waals surface area (Å²) in [6.07, 6.45) is 1.89. The van der Waals surface area contributed by atoms with Crippen LogP contribution in [0.15, 0.2) is 41.9 Å². The van der Waals surface area contributed by atoms with Crippen molar-refractivity contribution in [2.75, 3.05) is 0 Å². The van der Waals surface area contributed by atoms with E-state index in [1.54, 1.807) is 24.4 Å². The fraction of sp³-hybridized carbons (Fsp3) is 0.154. The van der Waals surface area contributed by atoms with Crippen molar-refractivity contribution in [1.82, 2.24) is 4.98 Å². The predicted molar refractivity (Wildman–Crippen MR) is 65.6 cm³/mol. The van der Waals surface area contributed by atoms with Crippen LogP contribution < -0.4 is 0 Å². The van der Waals surface area contributed by atoms with Gasteiger partial charge in [0.25, 0.3) is 0 Å². The minimum atomic E-state index is -0.765. The molecule has 0 spiro atoms. The maximum atomic E-state index is 12.0. The van der Waals surface area contributed by atoms with Gasteiger partial charge in [-0.1, -0.05) is 12.1 Å². The van der Waals surface area contributed by atoms with Gasteiger partial charge in [0, 0.05) is 17.5 Å². The first-order valence-corrected chi connectivity index (χ1v) is 6.05. The van der Waals surface area contributed by atoms with Crippen molar-refractivity contribution >= 4 is 17.1 Å². The molecular formula is C13H10N2OS. The molecule has 1 atom stereocenters. The average Bonchev–Trinajstić information content (AvgIpc) is 2.84. The highest BCUT2D eigenvalue weighted by Gasteiger charge is 2.21. The van der Waals surface area contributed by atoms with Gasteiger partial charge in [-0.25, -0.2) is 0 Å². The summed E-state index contributed by atoms with van der Waals surface area (Å²) < 4.78 is 0. The van der Waals surface area contributed by atoms with Crippen LogP contribution in [0.1, 0.15) is 16.5 Å². The Bertz CT molecular complexity index is 528. The van der Waals surface area contributed by atoms with E-state index in [4.69, 9.17) is 5.26 Å². The molecule has 17 heavy (non-hydrogen) atoms. The molecule has 2 aromatic heterocycles. The molecule has 0 aromatic carbocycles. The first-order chi connectivity index (χ1) is 8.31. The van der Waals surface area contributed by atoms with E-state index in [0.29, 0.717) is 12.1 Å². The van der Waals surface area contributed by atoms with E-state index >= 15 is 0 Å². The molecule has 0 amide bonds. The van der Waals surface area contributed by atoms with Gasteiger partial charge in [0.15, 0.2) is 5.78 Å². The Balaban J connectivity index is 2.15. The van der Waals surface area contributed by atoms with Crippen molar-refractivity contribution < 1.29 is 4.79 Å². The summed E-state index contributed by atoms with van der Waals surface area (Å²) in [7, 11) is 0. The number of nitrogens with zero attached hydrogens (tertiary/aromatic N) is 2. The number of carbonyl (C=O) groups excluding carboxylic acids is 1. The molecule has 0 N–H and O–H groups in total. The molecule has 0 fully saturated rings. The van der Waals surface area contributed by atoms with Crippen molar-refractivity contribution in [3.63, 3.8) is 0 Å². The molecule has 0 saturated heterocycles. The largest absolute Gasteiger partial charge is 0.297 e. The molecule has 84 valence electrons. The summed E-state index contributed by atoms with van der Waals surface area (Å²) in [4.78, 5) is 17.0. The number of hydrogen-bond acceptors (Lipinski definition) is 4. The molecule has 0 aliphatic carbocycles. The molecule has 0 radical (unpaired) electrons. The van der Waals surface area contributed by atoms with Crippen molar-refractivity contribution in [2.24, 2.45) is 0 Å². The van der Waals surface area contributed by atoms with E-state index in [-0.39, 0.29) is 5.78 Å². The van der Waals surface area contributed by atoms with Crippen molar-refractivity contribution in [3.05, 3.63) is 52.5 Å². The summed E-state index contributed by atoms with van der Waals surface area (Å²) in [5, 5.41) is 11.0. The van der Waals surface area contributed by atoms with E-state index in [1.807, 2.05) is 23.6 Å². The van der Waals surface area contributed by atoms with Crippen LogP contribution in [0.5, 0.6) is 0 Å². The van der Waals surface area contributed by atoms with E-state index in [9.17, 15) is 4.79 Å². The van der Waals surface area contributed by atoms with Crippen LogP contribution in [0.4, 0.5) is 0 Å². The number of carbonyl (C=O) groups is 1. The molecule has 1 unspecified atom stereocenters. The normalized spacial score (nSPS) is 11.7. The number of pyridine rings is 1. The number of rotatable bonds is 4. The van der Waals surface area contributed by atoms with Gasteiger partial charge in [-0.3, -0.25) is 9.78 Å². The number of hydrogen-bond donors (Lipinski definition) is 0. The van der Waals surface area contributed by atoms with E-state index in [2.05, 4.69) is 4.98 Å². The Hall–Kier alpha value is -1.99. The van der Waals surface area contributed by atoms with Gasteiger partial charge in [-0.05, 0) is 23.6 Å². The van der Waals surface area contributed by atoms with Crippen LogP contribution >= 0.6 is 11.3 Å². The second-order valence-corrected chi connectivity index (χ2v) is 4.57. The standard InChI is InChI=1S/C13H10N2OS/c14-9-11(12-5-1-2-6-15-12)13(16)8-10-4-3-7-17-10/h1-7,11H,8H2. The number of nitriles is 1. The van der Waals surface area contributed by atoms with Gasteiger partial charge in [0.2, 0.25) is 0 Å². The monoisotopic (exact) mass is 242 g/mol. The van der Waals surface area contributed by atoms with Gasteiger partial charge in [0.1, 0.15) is 5.92 Å². The summed E-state index contributed by atoms with van der Waals surface area (Å²) in [5.74, 6) is -0.869. The third-order valence-electron chi connectivity index (χ3n) is 2.36. The van der Waals surface area contributed by atoms with Gasteiger partial charge < -0.3 is 0 Å². The Labute approximate surface area is 103 Å². The first-order valence-electron chi connectivity index (χ1n) is 5.17. The average molecular weight is 242 g/mol. The third kappa shape index (κ3) is 2.77. The predicted octanol–water partition coefficient (Wildman–Crippen LogP) is 2.56. The van der Waals surface area contributed by atoms with Crippen molar-refractivity contribution in [1.29, 1.82) is 5.26 Å². The van der Waals surface area contributed by atoms with Gasteiger partial charge in [0.05, 0.1) is 11.8 Å². The summed E-state index contributed by atoms with van der Waals surface area (Å²) in [6, 6.07) is 11.1. The second-order valence-electron chi connectivity index (χ2n) is 3.54. The lowest BCUT2D eigenvalue weighted by molar-refractivity contribution is -0.118. The number of thiophene rings is 1. The third-order valence-corrected chi connectivity index (χ3v) is 3.24. The lowest BCUT2D eigenvalue weighted by Gasteiger charge is -2.06. The van der Waals surface area contributed by atoms with Crippen LogP contribution in [0.25, 0.3) is 0 Å². The van der Waals surface area contributed by atoms with Gasteiger partial charge in [-0.15, -0.1) is 11.3 Å². The zero-order valence-electron chi connectivity index (χ0n) is 9.04. The quantitative estimate of drug-likeness (QED) is 0.828. The first kappa shape index (κ1) is 11.5. The Kier molecular flexibility index (Phi) is 3.63. The molecule has 3 nitrogen and oxygen atoms in total. The number of aromatic nitrogens is 1. The second kappa shape index (κ2) is 5.37. The Morgan fingerprint density at radius 2 is 2.29 bits per heavy atom. The van der Waals surface area contributed by atoms with E-state index in [0.717, 1.165) is 4.88 Å². The highest BCUT2D eigenvalue weighted by Crippen LogP contribution is 2.18. The molecule has 4 heteroatoms. The van der Waals surface area contributed by atoms with Gasteiger partial charge >= 0.3 is 0 Å². The number of Topliss-reactive ketones (excluding diaryl/α,β-unsaturated/α-hetero) is 1. The van der Waals surface area contributed by atoms with Crippen LogP contribution in [0, 0.1) is 11.3 Å². The van der Waals surface area contributed by atoms with Crippen LogP contribution in [-0.4, -0.2) is 10.8 Å². The zero-order valence-corrected chi connectivity index (χ0v) is 9.85. The molecule has 2 aromatic rings. The molecule has 0 aliphatic rings. The van der Waals surface area contributed by atoms with Gasteiger partial charge in [-0.2, -0.15) is 5.26 Å². The highest BCUT2D eigenvalue weighted by molar-refractivity contribution is 7.10. The van der Waals surface area contributed by atoms with E-state index in [1.165, 1.54) is 11.3 Å². The minimum absolute atomic E-state index is 0.103. The summed E-state index contributed by atoms with van der Waals surface area (Å²) in [5.41, 5.74) is 0.525. The Morgan fingerprint density at radius 3 is 2.88 bits per heavy atom. The molecule has 2 rings (SSSR count). The Morgan fingerprint density at radius 1 is 1.41 bits per heavy atom. The fourth-order valence-electron chi connectivity index (χ4n) is 1.54. The smallest absolute Gasteiger partial charge is 0.161 e. The summed E-state index contributed by atoms with van der Waals surface area (Å²) in [6.45, 7) is 0. The van der Waals surface area contributed by atoms with Crippen molar-refractivity contribution in [3.8, 4) is 6.07 Å². The molecule has 0 saturated carbocycles. The van der Waals surface area contributed by atoms with Crippen LogP contribution in [-0.2, 0) is 11.2 Å². The van der Waals surface area contributed by atoms with Crippen LogP contribution in [0.2, 0.25) is 0 Å². The van der Waals surface area contributed by atoms with Crippen molar-refractivity contribution in [2.45, 2.75) is 12.3 Å². The lowest BCUT2D eigenvalue weighted by Crippen LogP contribution is -2.14. The maximum absolute atomic E-state index is 12.0. The SMILES string of the molecule is N#CC(C(=O)Cc1cccs1)c1ccccn1. The topological polar surface area (TPSA) is 53.8 Å². The lowest BCUT2D eigenvalue weighted by atomic mass is 9.98.